The van der Waals surface area contributed by atoms with Gasteiger partial charge in [-0.25, -0.2) is 0 Å². The molecule has 0 aromatic heterocycles. The highest BCUT2D eigenvalue weighted by Crippen LogP contribution is 2.25. The lowest BCUT2D eigenvalue weighted by atomic mass is 9.88. The number of phenolic OH excluding ortho intramolecular Hbond substituents is 2. The summed E-state index contributed by atoms with van der Waals surface area (Å²) < 4.78 is 0. The van der Waals surface area contributed by atoms with E-state index >= 15 is 0 Å². The molecule has 4 atom stereocenters. The minimum absolute atomic E-state index is 0.225. The van der Waals surface area contributed by atoms with Gasteiger partial charge in [0.05, 0.1) is 12.6 Å². The molecule has 0 amide bonds. The van der Waals surface area contributed by atoms with E-state index < -0.39 is 31.0 Å². The van der Waals surface area contributed by atoms with E-state index in [2.05, 4.69) is 5.32 Å². The first kappa shape index (κ1) is 15.7. The first-order valence-electron chi connectivity index (χ1n) is 6.54. The van der Waals surface area contributed by atoms with Crippen LogP contribution < -0.4 is 5.32 Å². The van der Waals surface area contributed by atoms with E-state index in [1.165, 1.54) is 18.2 Å². The van der Waals surface area contributed by atoms with E-state index in [9.17, 15) is 25.5 Å². The van der Waals surface area contributed by atoms with E-state index in [0.717, 1.165) is 0 Å². The molecule has 2 rings (SSSR count). The molecule has 7 nitrogen and oxygen atoms in total. The van der Waals surface area contributed by atoms with Gasteiger partial charge in [0.25, 0.3) is 0 Å². The molecule has 7 N–H and O–H groups in total. The Bertz CT molecular complexity index is 532. The van der Waals surface area contributed by atoms with Gasteiger partial charge in [-0.2, -0.15) is 0 Å². The molecule has 0 radical (unpaired) electrons. The van der Waals surface area contributed by atoms with E-state index in [0.29, 0.717) is 5.56 Å². The molecule has 1 aliphatic carbocycles. The molecule has 0 aliphatic heterocycles. The van der Waals surface area contributed by atoms with Gasteiger partial charge < -0.3 is 36.0 Å². The third kappa shape index (κ3) is 3.34. The van der Waals surface area contributed by atoms with Crippen molar-refractivity contribution in [2.24, 2.45) is 0 Å². The fourth-order valence-corrected chi connectivity index (χ4v) is 2.29. The number of phenols is 2. The van der Waals surface area contributed by atoms with Crippen molar-refractivity contribution < 1.29 is 30.6 Å². The zero-order valence-corrected chi connectivity index (χ0v) is 11.2. The van der Waals surface area contributed by atoms with Crippen LogP contribution in [0.3, 0.4) is 0 Å². The summed E-state index contributed by atoms with van der Waals surface area (Å²) in [7, 11) is 0. The molecule has 0 spiro atoms. The quantitative estimate of drug-likeness (QED) is 0.268. The molecular formula is C14H19NO6. The minimum Gasteiger partial charge on any atom is -0.504 e. The fraction of sp³-hybridized carbons (Fsp3) is 0.429. The topological polar surface area (TPSA) is 133 Å². The smallest absolute Gasteiger partial charge is 0.157 e. The highest BCUT2D eigenvalue weighted by atomic mass is 16.4. The largest absolute Gasteiger partial charge is 0.504 e. The molecule has 7 heteroatoms. The number of hydrogen-bond acceptors (Lipinski definition) is 7. The molecule has 0 saturated heterocycles. The van der Waals surface area contributed by atoms with Gasteiger partial charge in [0.15, 0.2) is 11.5 Å². The van der Waals surface area contributed by atoms with Gasteiger partial charge in [0.2, 0.25) is 0 Å². The molecule has 116 valence electrons. The lowest BCUT2D eigenvalue weighted by molar-refractivity contribution is -0.0643. The van der Waals surface area contributed by atoms with Crippen molar-refractivity contribution in [2.45, 2.75) is 30.9 Å². The van der Waals surface area contributed by atoms with Crippen molar-refractivity contribution in [1.29, 1.82) is 0 Å². The fourth-order valence-electron chi connectivity index (χ4n) is 2.29. The van der Waals surface area contributed by atoms with Crippen LogP contribution in [-0.4, -0.2) is 61.6 Å². The normalized spacial score (nSPS) is 29.2. The van der Waals surface area contributed by atoms with Crippen LogP contribution in [0.25, 0.3) is 0 Å². The number of benzene rings is 1. The summed E-state index contributed by atoms with van der Waals surface area (Å²) in [5, 5.41) is 60.0. The SMILES string of the molecule is OCC1=C[C@H](NCc2ccc(O)c(O)c2)[C@H](O)[C@H](O)[C@@H]1O. The summed E-state index contributed by atoms with van der Waals surface area (Å²) in [5.41, 5.74) is 0.899. The number of aliphatic hydroxyl groups excluding tert-OH is 4. The highest BCUT2D eigenvalue weighted by Gasteiger charge is 2.36. The van der Waals surface area contributed by atoms with Gasteiger partial charge in [-0.3, -0.25) is 0 Å². The van der Waals surface area contributed by atoms with Crippen LogP contribution in [0.1, 0.15) is 5.56 Å². The first-order valence-corrected chi connectivity index (χ1v) is 6.54. The summed E-state index contributed by atoms with van der Waals surface area (Å²) in [5.74, 6) is -0.474. The van der Waals surface area contributed by atoms with Crippen molar-refractivity contribution in [3.8, 4) is 11.5 Å². The Kier molecular flexibility index (Phi) is 4.81. The van der Waals surface area contributed by atoms with Crippen molar-refractivity contribution in [3.05, 3.63) is 35.4 Å². The Morgan fingerprint density at radius 3 is 2.33 bits per heavy atom. The molecule has 1 aromatic carbocycles. The summed E-state index contributed by atoms with van der Waals surface area (Å²) in [6, 6.07) is 3.66. The number of hydrogen-bond donors (Lipinski definition) is 7. The third-order valence-corrected chi connectivity index (χ3v) is 3.58. The second kappa shape index (κ2) is 6.42. The van der Waals surface area contributed by atoms with Gasteiger partial charge in [-0.1, -0.05) is 12.1 Å². The Morgan fingerprint density at radius 1 is 1.00 bits per heavy atom. The Morgan fingerprint density at radius 2 is 1.71 bits per heavy atom. The van der Waals surface area contributed by atoms with E-state index in [4.69, 9.17) is 5.11 Å². The molecule has 0 unspecified atom stereocenters. The number of nitrogens with one attached hydrogen (secondary N) is 1. The molecule has 21 heavy (non-hydrogen) atoms. The third-order valence-electron chi connectivity index (χ3n) is 3.58. The lowest BCUT2D eigenvalue weighted by Gasteiger charge is -2.34. The lowest BCUT2D eigenvalue weighted by Crippen LogP contribution is -2.53. The molecule has 0 bridgehead atoms. The van der Waals surface area contributed by atoms with Crippen molar-refractivity contribution in [3.63, 3.8) is 0 Å². The van der Waals surface area contributed by atoms with Crippen LogP contribution >= 0.6 is 0 Å². The molecule has 1 aliphatic rings. The maximum atomic E-state index is 9.91. The second-order valence-corrected chi connectivity index (χ2v) is 5.06. The number of aromatic hydroxyl groups is 2. The zero-order chi connectivity index (χ0) is 15.6. The Labute approximate surface area is 121 Å². The van der Waals surface area contributed by atoms with Crippen LogP contribution in [0.5, 0.6) is 11.5 Å². The van der Waals surface area contributed by atoms with Gasteiger partial charge >= 0.3 is 0 Å². The average molecular weight is 297 g/mol. The Balaban J connectivity index is 2.07. The van der Waals surface area contributed by atoms with Crippen LogP contribution in [0.4, 0.5) is 0 Å². The summed E-state index contributed by atoms with van der Waals surface area (Å²) >= 11 is 0. The maximum absolute atomic E-state index is 9.91. The number of rotatable bonds is 4. The summed E-state index contributed by atoms with van der Waals surface area (Å²) in [4.78, 5) is 0. The van der Waals surface area contributed by atoms with Crippen LogP contribution in [0, 0.1) is 0 Å². The van der Waals surface area contributed by atoms with Gasteiger partial charge in [-0.05, 0) is 23.3 Å². The highest BCUT2D eigenvalue weighted by molar-refractivity contribution is 5.40. The molecule has 0 heterocycles. The van der Waals surface area contributed by atoms with Crippen LogP contribution in [0.2, 0.25) is 0 Å². The van der Waals surface area contributed by atoms with Gasteiger partial charge in [-0.15, -0.1) is 0 Å². The molecule has 0 saturated carbocycles. The van der Waals surface area contributed by atoms with Crippen LogP contribution in [-0.2, 0) is 6.54 Å². The average Bonchev–Trinajstić information content (AvgIpc) is 2.47. The predicted octanol–water partition coefficient (Wildman–Crippen LogP) is -1.43. The van der Waals surface area contributed by atoms with Crippen molar-refractivity contribution >= 4 is 0 Å². The van der Waals surface area contributed by atoms with E-state index in [-0.39, 0.29) is 23.6 Å². The molecule has 1 aromatic rings. The number of aliphatic hydroxyl groups is 4. The molecular weight excluding hydrogens is 278 g/mol. The first-order chi connectivity index (χ1) is 9.93. The van der Waals surface area contributed by atoms with E-state index in [1.54, 1.807) is 6.07 Å². The Hall–Kier alpha value is -1.64. The maximum Gasteiger partial charge on any atom is 0.157 e. The van der Waals surface area contributed by atoms with Gasteiger partial charge in [0.1, 0.15) is 18.3 Å². The second-order valence-electron chi connectivity index (χ2n) is 5.06. The van der Waals surface area contributed by atoms with Crippen molar-refractivity contribution in [1.82, 2.24) is 5.32 Å². The zero-order valence-electron chi connectivity index (χ0n) is 11.2. The standard InChI is InChI=1S/C14H19NO6/c16-6-8-4-9(13(20)14(21)12(8)19)15-5-7-1-2-10(17)11(18)3-7/h1-4,9,12-21H,5-6H2/t9-,12+,13-,14+/m0/s1. The van der Waals surface area contributed by atoms with Gasteiger partial charge in [0, 0.05) is 6.54 Å². The predicted molar refractivity (Wildman–Crippen MR) is 73.6 cm³/mol. The summed E-state index contributed by atoms with van der Waals surface area (Å²) in [6.07, 6.45) is -2.42. The van der Waals surface area contributed by atoms with E-state index in [1.807, 2.05) is 0 Å². The summed E-state index contributed by atoms with van der Waals surface area (Å²) in [6.45, 7) is -0.156. The minimum atomic E-state index is -1.39. The van der Waals surface area contributed by atoms with Crippen molar-refractivity contribution in [2.75, 3.05) is 6.61 Å². The monoisotopic (exact) mass is 297 g/mol. The van der Waals surface area contributed by atoms with Crippen LogP contribution in [0.15, 0.2) is 29.8 Å². The molecule has 0 fully saturated rings.